The monoisotopic (exact) mass is 213 g/mol. The molecule has 15 heavy (non-hydrogen) atoms. The van der Waals surface area contributed by atoms with Crippen molar-refractivity contribution in [1.29, 1.82) is 0 Å². The van der Waals surface area contributed by atoms with Gasteiger partial charge in [0.25, 0.3) is 0 Å². The lowest BCUT2D eigenvalue weighted by Crippen LogP contribution is -2.47. The normalized spacial score (nSPS) is 26.5. The number of hydrogen-bond acceptors (Lipinski definition) is 3. The Morgan fingerprint density at radius 2 is 2.20 bits per heavy atom. The Labute approximate surface area is 92.6 Å². The standard InChI is InChI=1S/C11H23N3O/c1-9(12-3)8-14-7-5-6-13(4)11(15)10(14)2/h9-10,12H,5-8H2,1-4H3. The SMILES string of the molecule is CNC(C)CN1CCCN(C)C(=O)C1C. The van der Waals surface area contributed by atoms with Crippen molar-refractivity contribution in [3.05, 3.63) is 0 Å². The first-order valence-electron chi connectivity index (χ1n) is 5.72. The molecule has 1 aliphatic rings. The fraction of sp³-hybridized carbons (Fsp3) is 0.909. The first kappa shape index (κ1) is 12.5. The van der Waals surface area contributed by atoms with Crippen LogP contribution in [0.3, 0.4) is 0 Å². The molecule has 0 aromatic heterocycles. The number of nitrogens with zero attached hydrogens (tertiary/aromatic N) is 2. The molecule has 0 aromatic rings. The minimum Gasteiger partial charge on any atom is -0.344 e. The summed E-state index contributed by atoms with van der Waals surface area (Å²) >= 11 is 0. The summed E-state index contributed by atoms with van der Waals surface area (Å²) in [7, 11) is 3.85. The zero-order valence-electron chi connectivity index (χ0n) is 10.3. The van der Waals surface area contributed by atoms with Crippen LogP contribution in [0.1, 0.15) is 20.3 Å². The van der Waals surface area contributed by atoms with Crippen LogP contribution >= 0.6 is 0 Å². The largest absolute Gasteiger partial charge is 0.344 e. The number of rotatable bonds is 3. The fourth-order valence-electron chi connectivity index (χ4n) is 1.98. The Morgan fingerprint density at radius 1 is 1.53 bits per heavy atom. The average Bonchev–Trinajstić information content (AvgIpc) is 2.34. The van der Waals surface area contributed by atoms with E-state index in [9.17, 15) is 4.79 Å². The Hall–Kier alpha value is -0.610. The van der Waals surface area contributed by atoms with Crippen molar-refractivity contribution in [2.24, 2.45) is 0 Å². The predicted octanol–water partition coefficient (Wildman–Crippen LogP) is 0.147. The number of likely N-dealkylation sites (N-methyl/N-ethyl adjacent to an activating group) is 2. The number of hydrogen-bond donors (Lipinski definition) is 1. The summed E-state index contributed by atoms with van der Waals surface area (Å²) in [5.41, 5.74) is 0. The van der Waals surface area contributed by atoms with E-state index in [1.54, 1.807) is 0 Å². The Balaban J connectivity index is 2.60. The molecule has 2 unspecified atom stereocenters. The van der Waals surface area contributed by atoms with Crippen LogP contribution in [0, 0.1) is 0 Å². The van der Waals surface area contributed by atoms with Crippen molar-refractivity contribution >= 4 is 5.91 Å². The molecule has 0 aliphatic carbocycles. The summed E-state index contributed by atoms with van der Waals surface area (Å²) in [5.74, 6) is 0.246. The third-order valence-electron chi connectivity index (χ3n) is 3.22. The average molecular weight is 213 g/mol. The molecule has 0 radical (unpaired) electrons. The first-order valence-corrected chi connectivity index (χ1v) is 5.72. The Bertz CT molecular complexity index is 220. The van der Waals surface area contributed by atoms with Crippen LogP contribution < -0.4 is 5.32 Å². The molecule has 2 atom stereocenters. The van der Waals surface area contributed by atoms with Gasteiger partial charge < -0.3 is 10.2 Å². The van der Waals surface area contributed by atoms with E-state index >= 15 is 0 Å². The minimum absolute atomic E-state index is 0.0216. The zero-order valence-corrected chi connectivity index (χ0v) is 10.3. The van der Waals surface area contributed by atoms with E-state index in [1.165, 1.54) is 0 Å². The van der Waals surface area contributed by atoms with Gasteiger partial charge in [0.1, 0.15) is 0 Å². The summed E-state index contributed by atoms with van der Waals surface area (Å²) in [5, 5.41) is 3.21. The van der Waals surface area contributed by atoms with Crippen molar-refractivity contribution in [3.8, 4) is 0 Å². The van der Waals surface area contributed by atoms with E-state index < -0.39 is 0 Å². The molecule has 1 saturated heterocycles. The summed E-state index contributed by atoms with van der Waals surface area (Å²) in [6.45, 7) is 6.99. The number of carbonyl (C=O) groups is 1. The molecule has 4 nitrogen and oxygen atoms in total. The Kier molecular flexibility index (Phi) is 4.54. The zero-order chi connectivity index (χ0) is 11.4. The molecule has 1 fully saturated rings. The van der Waals surface area contributed by atoms with Crippen molar-refractivity contribution in [2.45, 2.75) is 32.4 Å². The molecular formula is C11H23N3O. The molecule has 1 rings (SSSR count). The van der Waals surface area contributed by atoms with Gasteiger partial charge in [0, 0.05) is 32.7 Å². The molecular weight excluding hydrogens is 190 g/mol. The second-order valence-electron chi connectivity index (χ2n) is 4.47. The van der Waals surface area contributed by atoms with E-state index in [4.69, 9.17) is 0 Å². The van der Waals surface area contributed by atoms with Crippen LogP contribution in [-0.4, -0.2) is 61.5 Å². The van der Waals surface area contributed by atoms with Crippen LogP contribution in [0.4, 0.5) is 0 Å². The van der Waals surface area contributed by atoms with Crippen LogP contribution in [0.5, 0.6) is 0 Å². The van der Waals surface area contributed by atoms with E-state index in [1.807, 2.05) is 25.9 Å². The van der Waals surface area contributed by atoms with Crippen molar-refractivity contribution in [2.75, 3.05) is 33.7 Å². The van der Waals surface area contributed by atoms with Gasteiger partial charge in [-0.2, -0.15) is 0 Å². The molecule has 1 heterocycles. The quantitative estimate of drug-likeness (QED) is 0.725. The van der Waals surface area contributed by atoms with Gasteiger partial charge in [-0.05, 0) is 27.3 Å². The van der Waals surface area contributed by atoms with E-state index in [-0.39, 0.29) is 11.9 Å². The molecule has 0 saturated carbocycles. The van der Waals surface area contributed by atoms with Crippen LogP contribution in [0.25, 0.3) is 0 Å². The van der Waals surface area contributed by atoms with Gasteiger partial charge in [-0.3, -0.25) is 9.69 Å². The lowest BCUT2D eigenvalue weighted by Gasteiger charge is -2.29. The smallest absolute Gasteiger partial charge is 0.239 e. The second-order valence-corrected chi connectivity index (χ2v) is 4.47. The van der Waals surface area contributed by atoms with Crippen LogP contribution in [0.2, 0.25) is 0 Å². The summed E-state index contributed by atoms with van der Waals surface area (Å²) in [4.78, 5) is 16.0. The second kappa shape index (κ2) is 5.47. The summed E-state index contributed by atoms with van der Waals surface area (Å²) in [6, 6.07) is 0.456. The molecule has 0 aromatic carbocycles. The predicted molar refractivity (Wildman–Crippen MR) is 61.8 cm³/mol. The lowest BCUT2D eigenvalue weighted by atomic mass is 10.2. The molecule has 1 aliphatic heterocycles. The van der Waals surface area contributed by atoms with Crippen LogP contribution in [0.15, 0.2) is 0 Å². The maximum absolute atomic E-state index is 11.9. The highest BCUT2D eigenvalue weighted by Gasteiger charge is 2.27. The molecule has 1 N–H and O–H groups in total. The van der Waals surface area contributed by atoms with Crippen molar-refractivity contribution < 1.29 is 4.79 Å². The third-order valence-corrected chi connectivity index (χ3v) is 3.22. The Morgan fingerprint density at radius 3 is 2.80 bits per heavy atom. The van der Waals surface area contributed by atoms with Gasteiger partial charge in [0.2, 0.25) is 5.91 Å². The maximum atomic E-state index is 11.9. The lowest BCUT2D eigenvalue weighted by molar-refractivity contribution is -0.133. The van der Waals surface area contributed by atoms with Crippen LogP contribution in [-0.2, 0) is 4.79 Å². The number of nitrogens with one attached hydrogen (secondary N) is 1. The van der Waals surface area contributed by atoms with Gasteiger partial charge in [-0.25, -0.2) is 0 Å². The highest BCUT2D eigenvalue weighted by molar-refractivity contribution is 5.81. The highest BCUT2D eigenvalue weighted by atomic mass is 16.2. The molecule has 1 amide bonds. The van der Waals surface area contributed by atoms with Crippen molar-refractivity contribution in [3.63, 3.8) is 0 Å². The highest BCUT2D eigenvalue weighted by Crippen LogP contribution is 2.10. The van der Waals surface area contributed by atoms with Gasteiger partial charge in [-0.1, -0.05) is 0 Å². The molecule has 0 spiro atoms. The summed E-state index contributed by atoms with van der Waals surface area (Å²) in [6.07, 6.45) is 1.07. The number of carbonyl (C=O) groups excluding carboxylic acids is 1. The topological polar surface area (TPSA) is 35.6 Å². The molecule has 4 heteroatoms. The molecule has 0 bridgehead atoms. The van der Waals surface area contributed by atoms with E-state index in [2.05, 4.69) is 17.1 Å². The van der Waals surface area contributed by atoms with Gasteiger partial charge >= 0.3 is 0 Å². The molecule has 88 valence electrons. The minimum atomic E-state index is 0.0216. The van der Waals surface area contributed by atoms with Crippen molar-refractivity contribution in [1.82, 2.24) is 15.1 Å². The van der Waals surface area contributed by atoms with Gasteiger partial charge in [-0.15, -0.1) is 0 Å². The van der Waals surface area contributed by atoms with Gasteiger partial charge in [0.15, 0.2) is 0 Å². The van der Waals surface area contributed by atoms with Gasteiger partial charge in [0.05, 0.1) is 6.04 Å². The van der Waals surface area contributed by atoms with E-state index in [0.717, 1.165) is 26.1 Å². The summed E-state index contributed by atoms with van der Waals surface area (Å²) < 4.78 is 0. The van der Waals surface area contributed by atoms with E-state index in [0.29, 0.717) is 6.04 Å². The maximum Gasteiger partial charge on any atom is 0.239 e. The number of amides is 1. The third kappa shape index (κ3) is 3.18. The first-order chi connectivity index (χ1) is 7.06. The fourth-order valence-corrected chi connectivity index (χ4v) is 1.98.